The Morgan fingerprint density at radius 2 is 1.86 bits per heavy atom. The van der Waals surface area contributed by atoms with E-state index in [0.29, 0.717) is 32.8 Å². The van der Waals surface area contributed by atoms with Gasteiger partial charge in [0.2, 0.25) is 0 Å². The molecule has 0 amide bonds. The number of benzene rings is 1. The molecule has 112 valence electrons. The first kappa shape index (κ1) is 15.9. The number of anilines is 1. The lowest BCUT2D eigenvalue weighted by molar-refractivity contribution is 0.814. The fourth-order valence-corrected chi connectivity index (χ4v) is 2.74. The maximum Gasteiger partial charge on any atom is 0.256 e. The summed E-state index contributed by atoms with van der Waals surface area (Å²) < 4.78 is 0. The summed E-state index contributed by atoms with van der Waals surface area (Å²) in [7, 11) is 0. The highest BCUT2D eigenvalue weighted by atomic mass is 35.5. The first-order valence-corrected chi connectivity index (χ1v) is 7.34. The molecular formula is C15H17Cl2N3O. The second-order valence-corrected chi connectivity index (χ2v) is 5.91. The van der Waals surface area contributed by atoms with Crippen molar-refractivity contribution in [3.05, 3.63) is 55.2 Å². The van der Waals surface area contributed by atoms with Crippen LogP contribution in [-0.4, -0.2) is 9.97 Å². The Morgan fingerprint density at radius 3 is 2.48 bits per heavy atom. The quantitative estimate of drug-likeness (QED) is 0.890. The summed E-state index contributed by atoms with van der Waals surface area (Å²) in [5.74, 6) is 0.602. The molecular weight excluding hydrogens is 309 g/mol. The summed E-state index contributed by atoms with van der Waals surface area (Å²) >= 11 is 12.3. The molecule has 1 unspecified atom stereocenters. The fraction of sp³-hybridized carbons (Fsp3) is 0.333. The van der Waals surface area contributed by atoms with E-state index in [1.807, 2.05) is 20.8 Å². The highest BCUT2D eigenvalue weighted by Gasteiger charge is 2.16. The third-order valence-corrected chi connectivity index (χ3v) is 4.04. The Kier molecular flexibility index (Phi) is 4.59. The number of hydrogen-bond donors (Lipinski definition) is 2. The van der Waals surface area contributed by atoms with Gasteiger partial charge in [-0.2, -0.15) is 0 Å². The maximum absolute atomic E-state index is 12.1. The van der Waals surface area contributed by atoms with Crippen LogP contribution in [-0.2, 0) is 0 Å². The van der Waals surface area contributed by atoms with E-state index in [-0.39, 0.29) is 11.6 Å². The van der Waals surface area contributed by atoms with Gasteiger partial charge in [-0.05, 0) is 45.4 Å². The molecule has 0 aliphatic rings. The number of nitrogens with one attached hydrogen (secondary N) is 2. The van der Waals surface area contributed by atoms with E-state index < -0.39 is 0 Å². The van der Waals surface area contributed by atoms with Crippen molar-refractivity contribution < 1.29 is 0 Å². The molecule has 1 heterocycles. The van der Waals surface area contributed by atoms with Gasteiger partial charge in [-0.25, -0.2) is 4.98 Å². The van der Waals surface area contributed by atoms with Crippen LogP contribution in [0.15, 0.2) is 16.9 Å². The lowest BCUT2D eigenvalue weighted by Crippen LogP contribution is -2.23. The van der Waals surface area contributed by atoms with Gasteiger partial charge < -0.3 is 10.3 Å². The van der Waals surface area contributed by atoms with Crippen LogP contribution in [0.4, 0.5) is 5.69 Å². The number of H-pyrrole nitrogens is 1. The van der Waals surface area contributed by atoms with Crippen LogP contribution in [0.3, 0.4) is 0 Å². The van der Waals surface area contributed by atoms with Gasteiger partial charge in [0.05, 0.1) is 28.0 Å². The molecule has 2 rings (SSSR count). The zero-order valence-corrected chi connectivity index (χ0v) is 13.9. The van der Waals surface area contributed by atoms with Gasteiger partial charge >= 0.3 is 0 Å². The lowest BCUT2D eigenvalue weighted by atomic mass is 10.1. The van der Waals surface area contributed by atoms with Gasteiger partial charge in [-0.15, -0.1) is 0 Å². The van der Waals surface area contributed by atoms with E-state index in [2.05, 4.69) is 15.3 Å². The summed E-state index contributed by atoms with van der Waals surface area (Å²) in [6, 6.07) is 3.32. The van der Waals surface area contributed by atoms with Gasteiger partial charge in [-0.3, -0.25) is 4.79 Å². The Balaban J connectivity index is 2.37. The average molecular weight is 326 g/mol. The van der Waals surface area contributed by atoms with Crippen molar-refractivity contribution in [3.63, 3.8) is 0 Å². The van der Waals surface area contributed by atoms with Crippen molar-refractivity contribution in [3.8, 4) is 0 Å². The smallest absolute Gasteiger partial charge is 0.256 e. The molecule has 2 aromatic rings. The van der Waals surface area contributed by atoms with Crippen molar-refractivity contribution in [2.45, 2.75) is 33.7 Å². The summed E-state index contributed by atoms with van der Waals surface area (Å²) in [6.07, 6.45) is 0. The molecule has 21 heavy (non-hydrogen) atoms. The number of aromatic nitrogens is 2. The monoisotopic (exact) mass is 325 g/mol. The van der Waals surface area contributed by atoms with Crippen molar-refractivity contribution in [2.24, 2.45) is 0 Å². The molecule has 4 nitrogen and oxygen atoms in total. The SMILES string of the molecule is Cc1nc(C)c(C(C)Nc2cc(Cl)c(C)cc2Cl)c(=O)[nH]1. The number of aryl methyl sites for hydroxylation is 3. The van der Waals surface area contributed by atoms with Crippen LogP contribution in [0.2, 0.25) is 10.0 Å². The summed E-state index contributed by atoms with van der Waals surface area (Å²) in [5, 5.41) is 4.41. The predicted molar refractivity (Wildman–Crippen MR) is 87.6 cm³/mol. The Hall–Kier alpha value is -1.52. The average Bonchev–Trinajstić information content (AvgIpc) is 2.34. The minimum atomic E-state index is -0.238. The van der Waals surface area contributed by atoms with Gasteiger partial charge in [-0.1, -0.05) is 23.2 Å². The molecule has 1 atom stereocenters. The van der Waals surface area contributed by atoms with E-state index in [1.165, 1.54) is 0 Å². The van der Waals surface area contributed by atoms with Crippen LogP contribution in [0.5, 0.6) is 0 Å². The van der Waals surface area contributed by atoms with Crippen molar-refractivity contribution in [1.29, 1.82) is 0 Å². The molecule has 0 saturated heterocycles. The van der Waals surface area contributed by atoms with Crippen LogP contribution in [0.1, 0.15) is 35.6 Å². The first-order valence-electron chi connectivity index (χ1n) is 6.59. The van der Waals surface area contributed by atoms with Gasteiger partial charge in [0.25, 0.3) is 5.56 Å². The van der Waals surface area contributed by atoms with Crippen LogP contribution in [0.25, 0.3) is 0 Å². The van der Waals surface area contributed by atoms with Crippen LogP contribution >= 0.6 is 23.2 Å². The molecule has 0 bridgehead atoms. The molecule has 0 saturated carbocycles. The summed E-state index contributed by atoms with van der Waals surface area (Å²) in [4.78, 5) is 19.1. The number of nitrogens with zero attached hydrogens (tertiary/aromatic N) is 1. The van der Waals surface area contributed by atoms with E-state index in [1.54, 1.807) is 19.1 Å². The molecule has 0 aliphatic heterocycles. The standard InChI is InChI=1S/C15H17Cl2N3O/c1-7-5-12(17)13(6-11(7)16)19-9(3)14-8(2)18-10(4)20-15(14)21/h5-6,9,19H,1-4H3,(H,18,20,21). The predicted octanol–water partition coefficient (Wildman–Crippen LogP) is 4.18. The minimum Gasteiger partial charge on any atom is -0.377 e. The summed E-state index contributed by atoms with van der Waals surface area (Å²) in [6.45, 7) is 7.35. The highest BCUT2D eigenvalue weighted by Crippen LogP contribution is 2.31. The highest BCUT2D eigenvalue weighted by molar-refractivity contribution is 6.35. The van der Waals surface area contributed by atoms with E-state index >= 15 is 0 Å². The number of halogens is 2. The second-order valence-electron chi connectivity index (χ2n) is 5.10. The molecule has 0 radical (unpaired) electrons. The van der Waals surface area contributed by atoms with Crippen molar-refractivity contribution in [1.82, 2.24) is 9.97 Å². The molecule has 1 aromatic carbocycles. The molecule has 0 fully saturated rings. The number of aromatic amines is 1. The van der Waals surface area contributed by atoms with Crippen LogP contribution in [0, 0.1) is 20.8 Å². The zero-order chi connectivity index (χ0) is 15.7. The third kappa shape index (κ3) is 3.39. The van der Waals surface area contributed by atoms with Gasteiger partial charge in [0, 0.05) is 5.02 Å². The summed E-state index contributed by atoms with van der Waals surface area (Å²) in [5.41, 5.74) is 2.75. The van der Waals surface area contributed by atoms with E-state index in [4.69, 9.17) is 23.2 Å². The van der Waals surface area contributed by atoms with Gasteiger partial charge in [0.15, 0.2) is 0 Å². The third-order valence-electron chi connectivity index (χ3n) is 3.32. The number of rotatable bonds is 3. The van der Waals surface area contributed by atoms with E-state index in [0.717, 1.165) is 5.56 Å². The molecule has 2 N–H and O–H groups in total. The minimum absolute atomic E-state index is 0.144. The largest absolute Gasteiger partial charge is 0.377 e. The first-order chi connectivity index (χ1) is 9.79. The normalized spacial score (nSPS) is 12.3. The van der Waals surface area contributed by atoms with Crippen LogP contribution < -0.4 is 10.9 Å². The van der Waals surface area contributed by atoms with Gasteiger partial charge in [0.1, 0.15) is 5.82 Å². The molecule has 0 aliphatic carbocycles. The lowest BCUT2D eigenvalue weighted by Gasteiger charge is -2.18. The topological polar surface area (TPSA) is 57.8 Å². The maximum atomic E-state index is 12.1. The Morgan fingerprint density at radius 1 is 1.19 bits per heavy atom. The fourth-order valence-electron chi connectivity index (χ4n) is 2.31. The molecule has 1 aromatic heterocycles. The Bertz CT molecular complexity index is 740. The zero-order valence-electron chi connectivity index (χ0n) is 12.3. The Labute approximate surface area is 133 Å². The molecule has 0 spiro atoms. The second kappa shape index (κ2) is 6.08. The van der Waals surface area contributed by atoms with Crippen molar-refractivity contribution >= 4 is 28.9 Å². The van der Waals surface area contributed by atoms with E-state index in [9.17, 15) is 4.79 Å². The molecule has 6 heteroatoms. The number of hydrogen-bond acceptors (Lipinski definition) is 3. The van der Waals surface area contributed by atoms with Crippen molar-refractivity contribution in [2.75, 3.05) is 5.32 Å².